The third-order valence-corrected chi connectivity index (χ3v) is 5.57. The Morgan fingerprint density at radius 2 is 1.87 bits per heavy atom. The van der Waals surface area contributed by atoms with Crippen LogP contribution in [0.1, 0.15) is 33.3 Å². The van der Waals surface area contributed by atoms with Crippen molar-refractivity contribution in [1.82, 2.24) is 15.5 Å². The predicted octanol–water partition coefficient (Wildman–Crippen LogP) is 1.31. The summed E-state index contributed by atoms with van der Waals surface area (Å²) in [5.41, 5.74) is 1.82. The lowest BCUT2D eigenvalue weighted by Gasteiger charge is -2.49. The van der Waals surface area contributed by atoms with Crippen LogP contribution in [0.3, 0.4) is 0 Å². The van der Waals surface area contributed by atoms with Crippen LogP contribution in [-0.2, 0) is 16.0 Å². The largest absolute Gasteiger partial charge is 0.365 e. The molecule has 0 saturated carbocycles. The summed E-state index contributed by atoms with van der Waals surface area (Å²) in [6.45, 7) is 9.94. The number of fused-ring (bicyclic) bond motifs is 3. The van der Waals surface area contributed by atoms with Crippen LogP contribution in [0.4, 0.5) is 11.4 Å². The molecule has 9 heteroatoms. The number of benzene rings is 1. The van der Waals surface area contributed by atoms with E-state index in [9.17, 15) is 19.7 Å². The number of carbonyl (C=O) groups is 2. The van der Waals surface area contributed by atoms with Crippen molar-refractivity contribution in [1.29, 1.82) is 0 Å². The van der Waals surface area contributed by atoms with E-state index in [1.165, 1.54) is 6.07 Å². The van der Waals surface area contributed by atoms with Crippen LogP contribution in [0, 0.1) is 16.0 Å². The lowest BCUT2D eigenvalue weighted by Crippen LogP contribution is -2.62. The van der Waals surface area contributed by atoms with Gasteiger partial charge in [0.05, 0.1) is 23.4 Å². The fraction of sp³-hybridized carbons (Fsp3) is 0.619. The molecular formula is C21H31N5O4. The van der Waals surface area contributed by atoms with E-state index in [1.807, 2.05) is 27.7 Å². The standard InChI is InChI=1S/C21H31N5O4/c1-13(2)22-20(27)12-24-7-8-25-18-6-5-16(26(29)30)9-15(18)10-17(19(25)11-24)21(28)23-14(3)4/h5-6,9,13-14,17,19H,7-8,10-12H2,1-4H3,(H,22,27)(H,23,28)/t17-,19+/m1/s1. The summed E-state index contributed by atoms with van der Waals surface area (Å²) in [5.74, 6) is -0.406. The summed E-state index contributed by atoms with van der Waals surface area (Å²) >= 11 is 0. The maximum atomic E-state index is 13.0. The van der Waals surface area contributed by atoms with Gasteiger partial charge >= 0.3 is 0 Å². The van der Waals surface area contributed by atoms with Gasteiger partial charge in [0.1, 0.15) is 0 Å². The van der Waals surface area contributed by atoms with Crippen molar-refractivity contribution in [3.8, 4) is 0 Å². The topological polar surface area (TPSA) is 108 Å². The Morgan fingerprint density at radius 1 is 1.17 bits per heavy atom. The number of hydrogen-bond acceptors (Lipinski definition) is 6. The average molecular weight is 418 g/mol. The Kier molecular flexibility index (Phi) is 6.60. The Labute approximate surface area is 176 Å². The molecule has 0 aromatic heterocycles. The Hall–Kier alpha value is -2.68. The van der Waals surface area contributed by atoms with Crippen LogP contribution in [-0.4, -0.2) is 65.9 Å². The Balaban J connectivity index is 1.86. The van der Waals surface area contributed by atoms with Crippen LogP contribution in [0.2, 0.25) is 0 Å². The summed E-state index contributed by atoms with van der Waals surface area (Å²) in [7, 11) is 0. The third-order valence-electron chi connectivity index (χ3n) is 5.57. The molecule has 0 unspecified atom stereocenters. The zero-order valence-corrected chi connectivity index (χ0v) is 18.1. The predicted molar refractivity (Wildman–Crippen MR) is 114 cm³/mol. The SMILES string of the molecule is CC(C)NC(=O)CN1CCN2c3ccc([N+](=O)[O-])cc3C[C@@H](C(=O)NC(C)C)[C@@H]2C1. The highest BCUT2D eigenvalue weighted by molar-refractivity contribution is 5.82. The van der Waals surface area contributed by atoms with Gasteiger partial charge < -0.3 is 15.5 Å². The highest BCUT2D eigenvalue weighted by atomic mass is 16.6. The Morgan fingerprint density at radius 3 is 2.50 bits per heavy atom. The summed E-state index contributed by atoms with van der Waals surface area (Å²) in [6.07, 6.45) is 0.447. The zero-order chi connectivity index (χ0) is 22.0. The van der Waals surface area contributed by atoms with Crippen LogP contribution in [0.5, 0.6) is 0 Å². The first-order valence-electron chi connectivity index (χ1n) is 10.5. The lowest BCUT2D eigenvalue weighted by molar-refractivity contribution is -0.384. The van der Waals surface area contributed by atoms with E-state index in [0.717, 1.165) is 11.3 Å². The minimum atomic E-state index is -0.402. The van der Waals surface area contributed by atoms with Gasteiger partial charge in [0.2, 0.25) is 11.8 Å². The number of piperazine rings is 1. The van der Waals surface area contributed by atoms with Crippen molar-refractivity contribution in [3.63, 3.8) is 0 Å². The second-order valence-electron chi connectivity index (χ2n) is 8.76. The fourth-order valence-corrected chi connectivity index (χ4v) is 4.39. The summed E-state index contributed by atoms with van der Waals surface area (Å²) in [5, 5.41) is 17.1. The minimum Gasteiger partial charge on any atom is -0.365 e. The number of anilines is 1. The van der Waals surface area contributed by atoms with Crippen molar-refractivity contribution in [2.24, 2.45) is 5.92 Å². The number of rotatable bonds is 6. The van der Waals surface area contributed by atoms with Crippen molar-refractivity contribution >= 4 is 23.2 Å². The van der Waals surface area contributed by atoms with Gasteiger partial charge in [0, 0.05) is 49.5 Å². The molecule has 0 spiro atoms. The van der Waals surface area contributed by atoms with Gasteiger partial charge in [-0.1, -0.05) is 0 Å². The Bertz CT molecular complexity index is 826. The molecular weight excluding hydrogens is 386 g/mol. The molecule has 3 rings (SSSR count). The van der Waals surface area contributed by atoms with Crippen molar-refractivity contribution in [2.75, 3.05) is 31.1 Å². The molecule has 2 N–H and O–H groups in total. The van der Waals surface area contributed by atoms with Gasteiger partial charge in [-0.25, -0.2) is 0 Å². The van der Waals surface area contributed by atoms with E-state index >= 15 is 0 Å². The second-order valence-corrected chi connectivity index (χ2v) is 8.76. The smallest absolute Gasteiger partial charge is 0.269 e. The van der Waals surface area contributed by atoms with Crippen LogP contribution >= 0.6 is 0 Å². The maximum absolute atomic E-state index is 13.0. The van der Waals surface area contributed by atoms with E-state index < -0.39 is 4.92 Å². The van der Waals surface area contributed by atoms with Gasteiger partial charge in [-0.2, -0.15) is 0 Å². The summed E-state index contributed by atoms with van der Waals surface area (Å²) < 4.78 is 0. The third kappa shape index (κ3) is 4.89. The van der Waals surface area contributed by atoms with Gasteiger partial charge in [0.25, 0.3) is 5.69 Å². The number of non-ortho nitro benzene ring substituents is 1. The normalized spacial score (nSPS) is 21.2. The second kappa shape index (κ2) is 8.99. The number of nitro benzene ring substituents is 1. The maximum Gasteiger partial charge on any atom is 0.269 e. The molecule has 0 bridgehead atoms. The van der Waals surface area contributed by atoms with E-state index in [2.05, 4.69) is 20.4 Å². The number of amides is 2. The molecule has 1 aromatic carbocycles. The molecule has 9 nitrogen and oxygen atoms in total. The molecule has 30 heavy (non-hydrogen) atoms. The first-order valence-corrected chi connectivity index (χ1v) is 10.5. The van der Waals surface area contributed by atoms with Crippen LogP contribution in [0.25, 0.3) is 0 Å². The summed E-state index contributed by atoms with van der Waals surface area (Å²) in [6, 6.07) is 4.90. The van der Waals surface area contributed by atoms with E-state index in [4.69, 9.17) is 0 Å². The quantitative estimate of drug-likeness (QED) is 0.534. The van der Waals surface area contributed by atoms with Crippen molar-refractivity contribution in [2.45, 2.75) is 52.2 Å². The molecule has 2 amide bonds. The van der Waals surface area contributed by atoms with E-state index in [-0.39, 0.29) is 41.5 Å². The van der Waals surface area contributed by atoms with Gasteiger partial charge in [-0.3, -0.25) is 24.6 Å². The molecule has 2 atom stereocenters. The zero-order valence-electron chi connectivity index (χ0n) is 18.1. The number of nitrogens with one attached hydrogen (secondary N) is 2. The van der Waals surface area contributed by atoms with Gasteiger partial charge in [-0.15, -0.1) is 0 Å². The van der Waals surface area contributed by atoms with Crippen LogP contribution in [0.15, 0.2) is 18.2 Å². The highest BCUT2D eigenvalue weighted by Gasteiger charge is 2.42. The molecule has 1 fully saturated rings. The molecule has 2 heterocycles. The van der Waals surface area contributed by atoms with E-state index in [0.29, 0.717) is 32.6 Å². The number of hydrogen-bond donors (Lipinski definition) is 2. The van der Waals surface area contributed by atoms with Crippen molar-refractivity contribution in [3.05, 3.63) is 33.9 Å². The minimum absolute atomic E-state index is 0.00831. The number of carbonyl (C=O) groups excluding carboxylic acids is 2. The molecule has 1 aromatic rings. The molecule has 0 radical (unpaired) electrons. The molecule has 2 aliphatic rings. The lowest BCUT2D eigenvalue weighted by atomic mass is 9.83. The van der Waals surface area contributed by atoms with Crippen molar-refractivity contribution < 1.29 is 14.5 Å². The number of nitro groups is 1. The first-order chi connectivity index (χ1) is 14.2. The highest BCUT2D eigenvalue weighted by Crippen LogP contribution is 2.37. The number of nitrogens with zero attached hydrogens (tertiary/aromatic N) is 3. The molecule has 1 saturated heterocycles. The van der Waals surface area contributed by atoms with Gasteiger partial charge in [0.15, 0.2) is 0 Å². The summed E-state index contributed by atoms with van der Waals surface area (Å²) in [4.78, 5) is 40.3. The van der Waals surface area contributed by atoms with Gasteiger partial charge in [-0.05, 0) is 45.7 Å². The molecule has 0 aliphatic carbocycles. The molecule has 2 aliphatic heterocycles. The first kappa shape index (κ1) is 22.0. The van der Waals surface area contributed by atoms with Crippen LogP contribution < -0.4 is 15.5 Å². The molecule has 164 valence electrons. The monoisotopic (exact) mass is 417 g/mol. The fourth-order valence-electron chi connectivity index (χ4n) is 4.39. The van der Waals surface area contributed by atoms with E-state index in [1.54, 1.807) is 12.1 Å². The average Bonchev–Trinajstić information content (AvgIpc) is 2.65.